The number of rotatable bonds is 7. The topological polar surface area (TPSA) is 92.4 Å². The van der Waals surface area contributed by atoms with Gasteiger partial charge in [0.25, 0.3) is 0 Å². The van der Waals surface area contributed by atoms with Crippen molar-refractivity contribution in [3.05, 3.63) is 89.5 Å². The van der Waals surface area contributed by atoms with Gasteiger partial charge in [0.15, 0.2) is 22.5 Å². The molecule has 1 aliphatic heterocycles. The van der Waals surface area contributed by atoms with Crippen molar-refractivity contribution in [2.75, 3.05) is 38.2 Å². The molecule has 0 saturated carbocycles. The third kappa shape index (κ3) is 4.77. The number of halogens is 1. The van der Waals surface area contributed by atoms with Gasteiger partial charge in [-0.25, -0.2) is 14.1 Å². The Kier molecular flexibility index (Phi) is 6.61. The van der Waals surface area contributed by atoms with E-state index in [1.54, 1.807) is 34.2 Å². The number of fused-ring (bicyclic) bond motifs is 1. The Morgan fingerprint density at radius 1 is 1.03 bits per heavy atom. The number of methoxy groups -OCH3 is 1. The molecule has 1 saturated heterocycles. The van der Waals surface area contributed by atoms with Gasteiger partial charge in [-0.05, 0) is 58.0 Å². The summed E-state index contributed by atoms with van der Waals surface area (Å²) in [5.41, 5.74) is 2.81. The highest BCUT2D eigenvalue weighted by molar-refractivity contribution is 7.22. The summed E-state index contributed by atoms with van der Waals surface area (Å²) in [4.78, 5) is 9.48. The van der Waals surface area contributed by atoms with Crippen molar-refractivity contribution in [2.24, 2.45) is 0 Å². The zero-order chi connectivity index (χ0) is 26.1. The molecule has 1 aliphatic rings. The number of tetrazole rings is 1. The van der Waals surface area contributed by atoms with Gasteiger partial charge in [0.1, 0.15) is 5.82 Å². The summed E-state index contributed by atoms with van der Waals surface area (Å²) in [7, 11) is 1.53. The summed E-state index contributed by atoms with van der Waals surface area (Å²) in [6.07, 6.45) is 0. The van der Waals surface area contributed by atoms with Crippen LogP contribution < -0.4 is 9.64 Å². The number of phenolic OH excluding ortho intramolecular Hbond substituents is 1. The average molecular weight is 532 g/mol. The van der Waals surface area contributed by atoms with Gasteiger partial charge in [-0.3, -0.25) is 4.90 Å². The lowest BCUT2D eigenvalue weighted by Gasteiger charge is -2.38. The van der Waals surface area contributed by atoms with E-state index in [-0.39, 0.29) is 17.6 Å². The Hall–Kier alpha value is -4.09. The second-order valence-electron chi connectivity index (χ2n) is 9.14. The molecule has 0 aliphatic carbocycles. The van der Waals surface area contributed by atoms with Gasteiger partial charge in [0.2, 0.25) is 0 Å². The maximum Gasteiger partial charge on any atom is 0.186 e. The van der Waals surface area contributed by atoms with E-state index in [0.717, 1.165) is 48.0 Å². The summed E-state index contributed by atoms with van der Waals surface area (Å²) >= 11 is 1.71. The van der Waals surface area contributed by atoms with Crippen molar-refractivity contribution >= 4 is 26.7 Å². The first-order valence-electron chi connectivity index (χ1n) is 12.3. The third-order valence-corrected chi connectivity index (χ3v) is 7.90. The van der Waals surface area contributed by atoms with E-state index in [9.17, 15) is 9.50 Å². The van der Waals surface area contributed by atoms with Crippen LogP contribution in [0.1, 0.15) is 23.0 Å². The first kappa shape index (κ1) is 24.3. The van der Waals surface area contributed by atoms with Crippen LogP contribution in [0, 0.1) is 5.82 Å². The van der Waals surface area contributed by atoms with Gasteiger partial charge in [0.05, 0.1) is 29.9 Å². The molecule has 0 spiro atoms. The van der Waals surface area contributed by atoms with Crippen LogP contribution in [-0.4, -0.2) is 68.5 Å². The summed E-state index contributed by atoms with van der Waals surface area (Å²) in [5.74, 6) is 0.834. The number of piperazine rings is 1. The number of anilines is 1. The van der Waals surface area contributed by atoms with E-state index < -0.39 is 0 Å². The van der Waals surface area contributed by atoms with Crippen LogP contribution in [0.3, 0.4) is 0 Å². The minimum absolute atomic E-state index is 0.0709. The van der Waals surface area contributed by atoms with Crippen LogP contribution in [-0.2, 0) is 6.54 Å². The second-order valence-corrected chi connectivity index (χ2v) is 10.2. The molecule has 1 fully saturated rings. The standard InChI is InChI=1S/C27H26FN7O2S/c1-37-23-16-19(8-11-22(23)36)25(26-30-31-32-35(26)17-18-6-9-20(28)10-7-18)33-12-14-34(15-13-33)27-29-21-4-2-3-5-24(21)38-27/h2-11,16,25,36H,12-15,17H2,1H3. The van der Waals surface area contributed by atoms with Crippen molar-refractivity contribution in [3.8, 4) is 11.5 Å². The lowest BCUT2D eigenvalue weighted by atomic mass is 10.0. The monoisotopic (exact) mass is 531 g/mol. The summed E-state index contributed by atoms with van der Waals surface area (Å²) in [5, 5.41) is 23.9. The Morgan fingerprint density at radius 3 is 2.58 bits per heavy atom. The van der Waals surface area contributed by atoms with Gasteiger partial charge < -0.3 is 14.7 Å². The van der Waals surface area contributed by atoms with E-state index in [4.69, 9.17) is 9.72 Å². The van der Waals surface area contributed by atoms with Crippen molar-refractivity contribution in [2.45, 2.75) is 12.6 Å². The highest BCUT2D eigenvalue weighted by Crippen LogP contribution is 2.36. The van der Waals surface area contributed by atoms with Crippen LogP contribution in [0.5, 0.6) is 11.5 Å². The van der Waals surface area contributed by atoms with Crippen LogP contribution >= 0.6 is 11.3 Å². The molecule has 38 heavy (non-hydrogen) atoms. The number of aromatic nitrogens is 5. The SMILES string of the molecule is COc1cc(C(c2nnnn2Cc2ccc(F)cc2)N2CCN(c3nc4ccccc4s3)CC2)ccc1O. The molecule has 194 valence electrons. The minimum Gasteiger partial charge on any atom is -0.504 e. The van der Waals surface area contributed by atoms with E-state index in [2.05, 4.69) is 31.4 Å². The number of para-hydroxylation sites is 1. The van der Waals surface area contributed by atoms with Crippen molar-refractivity contribution in [1.29, 1.82) is 0 Å². The van der Waals surface area contributed by atoms with E-state index in [1.807, 2.05) is 30.3 Å². The van der Waals surface area contributed by atoms with Crippen LogP contribution in [0.25, 0.3) is 10.2 Å². The molecule has 1 unspecified atom stereocenters. The number of aromatic hydroxyl groups is 1. The fourth-order valence-corrected chi connectivity index (χ4v) is 5.85. The minimum atomic E-state index is -0.286. The molecule has 1 N–H and O–H groups in total. The van der Waals surface area contributed by atoms with Gasteiger partial charge in [-0.2, -0.15) is 0 Å². The molecule has 5 aromatic rings. The fraction of sp³-hybridized carbons (Fsp3) is 0.259. The van der Waals surface area contributed by atoms with Gasteiger partial charge in [-0.1, -0.05) is 41.7 Å². The Bertz CT molecular complexity index is 1510. The zero-order valence-corrected chi connectivity index (χ0v) is 21.6. The average Bonchev–Trinajstić information content (AvgIpc) is 3.58. The molecule has 2 aromatic heterocycles. The van der Waals surface area contributed by atoms with E-state index >= 15 is 0 Å². The lowest BCUT2D eigenvalue weighted by molar-refractivity contribution is 0.201. The smallest absolute Gasteiger partial charge is 0.186 e. The number of hydrogen-bond donors (Lipinski definition) is 1. The Balaban J connectivity index is 1.30. The van der Waals surface area contributed by atoms with Crippen LogP contribution in [0.15, 0.2) is 66.7 Å². The molecule has 3 heterocycles. The number of nitrogens with zero attached hydrogens (tertiary/aromatic N) is 7. The van der Waals surface area contributed by atoms with E-state index in [0.29, 0.717) is 18.1 Å². The highest BCUT2D eigenvalue weighted by Gasteiger charge is 2.32. The fourth-order valence-electron chi connectivity index (χ4n) is 4.84. The number of phenols is 1. The molecular formula is C27H26FN7O2S. The highest BCUT2D eigenvalue weighted by atomic mass is 32.1. The molecule has 3 aromatic carbocycles. The normalized spacial score (nSPS) is 15.2. The van der Waals surface area contributed by atoms with E-state index in [1.165, 1.54) is 23.9 Å². The summed E-state index contributed by atoms with van der Waals surface area (Å²) in [6, 6.07) is 19.6. The second kappa shape index (κ2) is 10.3. The summed E-state index contributed by atoms with van der Waals surface area (Å²) in [6.45, 7) is 3.51. The van der Waals surface area contributed by atoms with Crippen molar-refractivity contribution in [3.63, 3.8) is 0 Å². The predicted octanol–water partition coefficient (Wildman–Crippen LogP) is 4.10. The first-order chi connectivity index (χ1) is 18.6. The zero-order valence-electron chi connectivity index (χ0n) is 20.7. The number of thiazole rings is 1. The molecule has 11 heteroatoms. The van der Waals surface area contributed by atoms with Crippen LogP contribution in [0.4, 0.5) is 9.52 Å². The maximum absolute atomic E-state index is 13.5. The van der Waals surface area contributed by atoms with Gasteiger partial charge in [-0.15, -0.1) is 5.10 Å². The lowest BCUT2D eigenvalue weighted by Crippen LogP contribution is -2.48. The first-order valence-corrected chi connectivity index (χ1v) is 13.1. The van der Waals surface area contributed by atoms with Gasteiger partial charge >= 0.3 is 0 Å². The van der Waals surface area contributed by atoms with Crippen molar-refractivity contribution in [1.82, 2.24) is 30.1 Å². The summed E-state index contributed by atoms with van der Waals surface area (Å²) < 4.78 is 21.8. The number of benzene rings is 3. The predicted molar refractivity (Wildman–Crippen MR) is 143 cm³/mol. The quantitative estimate of drug-likeness (QED) is 0.336. The molecule has 0 amide bonds. The molecule has 0 radical (unpaired) electrons. The number of hydrogen-bond acceptors (Lipinski definition) is 9. The Morgan fingerprint density at radius 2 is 1.82 bits per heavy atom. The molecule has 9 nitrogen and oxygen atoms in total. The largest absolute Gasteiger partial charge is 0.504 e. The number of ether oxygens (including phenoxy) is 1. The molecule has 1 atom stereocenters. The van der Waals surface area contributed by atoms with Crippen LogP contribution in [0.2, 0.25) is 0 Å². The molecule has 0 bridgehead atoms. The molecule has 6 rings (SSSR count). The molecular weight excluding hydrogens is 505 g/mol. The Labute approximate surface area is 222 Å². The third-order valence-electron chi connectivity index (χ3n) is 6.80. The van der Waals surface area contributed by atoms with Gasteiger partial charge in [0, 0.05) is 26.2 Å². The maximum atomic E-state index is 13.5. The van der Waals surface area contributed by atoms with Crippen molar-refractivity contribution < 1.29 is 14.2 Å².